The molecule has 0 radical (unpaired) electrons. The number of benzene rings is 2. The van der Waals surface area contributed by atoms with E-state index in [2.05, 4.69) is 0 Å². The second-order valence-electron chi connectivity index (χ2n) is 10.4. The molecule has 1 aromatic heterocycles. The molecular weight excluding hydrogens is 613 g/mol. The number of piperidine rings is 1. The molecule has 4 rings (SSSR count). The molecule has 16 heteroatoms. The lowest BCUT2D eigenvalue weighted by atomic mass is 9.76. The van der Waals surface area contributed by atoms with Crippen LogP contribution in [0.2, 0.25) is 0 Å². The van der Waals surface area contributed by atoms with Crippen LogP contribution in [-0.4, -0.2) is 64.5 Å². The molecule has 2 heterocycles. The smallest absolute Gasteiger partial charge is 0.421 e. The Morgan fingerprint density at radius 2 is 1.50 bits per heavy atom. The third kappa shape index (κ3) is 6.69. The molecular formula is C28H24F9N3O4. The van der Waals surface area contributed by atoms with Crippen molar-refractivity contribution in [2.75, 3.05) is 19.6 Å². The van der Waals surface area contributed by atoms with Crippen molar-refractivity contribution in [2.45, 2.75) is 43.8 Å². The van der Waals surface area contributed by atoms with Crippen LogP contribution in [0.15, 0.2) is 59.5 Å². The van der Waals surface area contributed by atoms with Crippen molar-refractivity contribution in [3.8, 4) is 5.69 Å². The summed E-state index contributed by atoms with van der Waals surface area (Å²) in [7, 11) is 0. The summed E-state index contributed by atoms with van der Waals surface area (Å²) in [6.45, 7) is -2.87. The van der Waals surface area contributed by atoms with E-state index in [4.69, 9.17) is 0 Å². The third-order valence-corrected chi connectivity index (χ3v) is 7.62. The maximum atomic E-state index is 14.2. The predicted molar refractivity (Wildman–Crippen MR) is 138 cm³/mol. The standard InChI is InChI=1S/C28H24F9N3O4/c29-26(30,31)15-39-12-9-25(10-13-39,28(35,36)37)24(44)38-20(23(42)43)14-16-4-1-6-18-17(16)5-2-8-21(18)40-11-3-7-19(22(40)41)27(32,33)34/h1-8,11,20H,9-10,12-15H2,(H,38,44)(H,42,43)/t20-/m0/s1. The van der Waals surface area contributed by atoms with Crippen LogP contribution in [-0.2, 0) is 22.2 Å². The van der Waals surface area contributed by atoms with Crippen molar-refractivity contribution in [2.24, 2.45) is 5.41 Å². The van der Waals surface area contributed by atoms with Crippen LogP contribution in [0, 0.1) is 5.41 Å². The van der Waals surface area contributed by atoms with Gasteiger partial charge in [0.15, 0.2) is 0 Å². The number of fused-ring (bicyclic) bond motifs is 1. The number of carboxylic acids is 1. The first kappa shape index (κ1) is 32.8. The molecule has 0 saturated carbocycles. The van der Waals surface area contributed by atoms with E-state index in [-0.39, 0.29) is 22.0 Å². The highest BCUT2D eigenvalue weighted by atomic mass is 19.4. The van der Waals surface area contributed by atoms with E-state index in [0.717, 1.165) is 21.7 Å². The van der Waals surface area contributed by atoms with Gasteiger partial charge in [0.05, 0.1) is 12.2 Å². The molecule has 1 saturated heterocycles. The number of rotatable bonds is 7. The van der Waals surface area contributed by atoms with Crippen molar-refractivity contribution in [1.82, 2.24) is 14.8 Å². The lowest BCUT2D eigenvalue weighted by Gasteiger charge is -2.42. The summed E-state index contributed by atoms with van der Waals surface area (Å²) in [4.78, 5) is 38.5. The van der Waals surface area contributed by atoms with Crippen LogP contribution < -0.4 is 10.9 Å². The zero-order valence-electron chi connectivity index (χ0n) is 22.5. The summed E-state index contributed by atoms with van der Waals surface area (Å²) in [5.74, 6) is -3.40. The fourth-order valence-corrected chi connectivity index (χ4v) is 5.35. The van der Waals surface area contributed by atoms with Gasteiger partial charge in [0.2, 0.25) is 5.91 Å². The molecule has 0 spiro atoms. The molecule has 0 unspecified atom stereocenters. The van der Waals surface area contributed by atoms with Crippen LogP contribution >= 0.6 is 0 Å². The van der Waals surface area contributed by atoms with Crippen molar-refractivity contribution in [1.29, 1.82) is 0 Å². The van der Waals surface area contributed by atoms with Gasteiger partial charge < -0.3 is 10.4 Å². The van der Waals surface area contributed by atoms with Crippen molar-refractivity contribution in [3.05, 3.63) is 76.2 Å². The van der Waals surface area contributed by atoms with Gasteiger partial charge in [-0.25, -0.2) is 4.79 Å². The van der Waals surface area contributed by atoms with Crippen LogP contribution in [0.5, 0.6) is 0 Å². The molecule has 1 atom stereocenters. The first-order valence-corrected chi connectivity index (χ1v) is 13.0. The molecule has 7 nitrogen and oxygen atoms in total. The van der Waals surface area contributed by atoms with E-state index >= 15 is 0 Å². The highest BCUT2D eigenvalue weighted by molar-refractivity contribution is 5.94. The maximum Gasteiger partial charge on any atom is 0.421 e. The maximum absolute atomic E-state index is 14.2. The largest absolute Gasteiger partial charge is 0.480 e. The molecule has 1 aliphatic heterocycles. The average molecular weight is 637 g/mol. The Bertz CT molecular complexity index is 1600. The van der Waals surface area contributed by atoms with Crippen LogP contribution in [0.3, 0.4) is 0 Å². The Kier molecular flexibility index (Phi) is 8.79. The Labute approximate surface area is 242 Å². The number of aromatic nitrogens is 1. The number of nitrogens with zero attached hydrogens (tertiary/aromatic N) is 2. The molecule has 0 aliphatic carbocycles. The molecule has 1 aliphatic rings. The molecule has 0 bridgehead atoms. The van der Waals surface area contributed by atoms with Gasteiger partial charge in [0, 0.05) is 18.0 Å². The molecule has 3 aromatic rings. The Hall–Kier alpha value is -4.08. The van der Waals surface area contributed by atoms with E-state index in [0.29, 0.717) is 6.07 Å². The molecule has 2 aromatic carbocycles. The zero-order chi connectivity index (χ0) is 32.7. The quantitative estimate of drug-likeness (QED) is 0.342. The summed E-state index contributed by atoms with van der Waals surface area (Å²) in [5.41, 5.74) is -5.73. The summed E-state index contributed by atoms with van der Waals surface area (Å²) in [6, 6.07) is 8.16. The number of halogens is 9. The van der Waals surface area contributed by atoms with E-state index in [1.165, 1.54) is 36.4 Å². The SMILES string of the molecule is O=C(O)[C@H](Cc1cccc2c(-n3cccc(C(F)(F)F)c3=O)cccc12)NC(=O)C1(C(F)(F)F)CCN(CC(F)(F)F)CC1. The predicted octanol–water partition coefficient (Wildman–Crippen LogP) is 5.33. The van der Waals surface area contributed by atoms with Gasteiger partial charge in [0.25, 0.3) is 5.56 Å². The lowest BCUT2D eigenvalue weighted by Crippen LogP contribution is -2.59. The highest BCUT2D eigenvalue weighted by Crippen LogP contribution is 2.47. The molecule has 44 heavy (non-hydrogen) atoms. The van der Waals surface area contributed by atoms with E-state index in [9.17, 15) is 59.0 Å². The van der Waals surface area contributed by atoms with E-state index < -0.39 is 91.9 Å². The Balaban J connectivity index is 1.65. The molecule has 238 valence electrons. The minimum atomic E-state index is -5.20. The van der Waals surface area contributed by atoms with Crippen molar-refractivity contribution >= 4 is 22.6 Å². The number of carboxylic acid groups (broad SMARTS) is 1. The molecule has 1 amide bonds. The number of aliphatic carboxylic acids is 1. The van der Waals surface area contributed by atoms with Gasteiger partial charge in [-0.1, -0.05) is 30.3 Å². The number of amides is 1. The van der Waals surface area contributed by atoms with Crippen molar-refractivity contribution in [3.63, 3.8) is 0 Å². The van der Waals surface area contributed by atoms with Crippen LogP contribution in [0.4, 0.5) is 39.5 Å². The zero-order valence-corrected chi connectivity index (χ0v) is 22.5. The second kappa shape index (κ2) is 11.8. The van der Waals surface area contributed by atoms with Gasteiger partial charge in [-0.3, -0.25) is 19.1 Å². The fraction of sp³-hybridized carbons (Fsp3) is 0.393. The van der Waals surface area contributed by atoms with Crippen LogP contribution in [0.1, 0.15) is 24.0 Å². The summed E-state index contributed by atoms with van der Waals surface area (Å²) < 4.78 is 122. The highest BCUT2D eigenvalue weighted by Gasteiger charge is 2.61. The number of carbonyl (C=O) groups is 2. The Morgan fingerprint density at radius 3 is 2.07 bits per heavy atom. The van der Waals surface area contributed by atoms with Gasteiger partial charge >= 0.3 is 24.5 Å². The first-order valence-electron chi connectivity index (χ1n) is 13.0. The second-order valence-corrected chi connectivity index (χ2v) is 10.4. The monoisotopic (exact) mass is 637 g/mol. The van der Waals surface area contributed by atoms with Crippen molar-refractivity contribution < 1.29 is 54.2 Å². The normalized spacial score (nSPS) is 16.9. The first-order chi connectivity index (χ1) is 20.3. The summed E-state index contributed by atoms with van der Waals surface area (Å²) >= 11 is 0. The van der Waals surface area contributed by atoms with E-state index in [1.54, 1.807) is 0 Å². The summed E-state index contributed by atoms with van der Waals surface area (Å²) in [5, 5.41) is 12.2. The number of hydrogen-bond acceptors (Lipinski definition) is 4. The van der Waals surface area contributed by atoms with Gasteiger partial charge in [-0.2, -0.15) is 39.5 Å². The van der Waals surface area contributed by atoms with E-state index in [1.807, 2.05) is 5.32 Å². The van der Waals surface area contributed by atoms with Gasteiger partial charge in [-0.05, 0) is 55.1 Å². The topological polar surface area (TPSA) is 91.6 Å². The third-order valence-electron chi connectivity index (χ3n) is 7.62. The lowest BCUT2D eigenvalue weighted by molar-refractivity contribution is -0.236. The molecule has 1 fully saturated rings. The summed E-state index contributed by atoms with van der Waals surface area (Å²) in [6.07, 6.45) is -16.3. The molecule has 2 N–H and O–H groups in total. The van der Waals surface area contributed by atoms with Crippen LogP contribution in [0.25, 0.3) is 16.5 Å². The van der Waals surface area contributed by atoms with Gasteiger partial charge in [-0.15, -0.1) is 0 Å². The number of nitrogens with one attached hydrogen (secondary N) is 1. The fourth-order valence-electron chi connectivity index (χ4n) is 5.35. The van der Waals surface area contributed by atoms with Gasteiger partial charge in [0.1, 0.15) is 17.0 Å². The number of alkyl halides is 9. The number of carbonyl (C=O) groups excluding carboxylic acids is 1. The number of pyridine rings is 1. The minimum absolute atomic E-state index is 0.0120. The number of likely N-dealkylation sites (tertiary alicyclic amines) is 1. The number of hydrogen-bond donors (Lipinski definition) is 2. The minimum Gasteiger partial charge on any atom is -0.480 e. The Morgan fingerprint density at radius 1 is 0.886 bits per heavy atom. The average Bonchev–Trinajstić information content (AvgIpc) is 2.91.